The molecule has 0 atom stereocenters. The lowest BCUT2D eigenvalue weighted by molar-refractivity contribution is 0.0949. The first-order chi connectivity index (χ1) is 7.36. The third-order valence-corrected chi connectivity index (χ3v) is 1.85. The van der Waals surface area contributed by atoms with Gasteiger partial charge in [-0.2, -0.15) is 15.4 Å². The first kappa shape index (κ1) is 9.38. The Balaban J connectivity index is 1.77. The van der Waals surface area contributed by atoms with Gasteiger partial charge in [-0.3, -0.25) is 4.79 Å². The number of carbonyl (C=O) groups excluding carboxylic acids is 1. The standard InChI is InChI=1S/C8H10N6O/c15-8(6-5-12-14-13-6)11-2-1-7-9-3-4-10-7/h3-5H,1-2H2,(H,9,10)(H,11,15)(H,12,13,14). The lowest BCUT2D eigenvalue weighted by Gasteiger charge is -2.00. The average Bonchev–Trinajstić information content (AvgIpc) is 2.90. The summed E-state index contributed by atoms with van der Waals surface area (Å²) in [7, 11) is 0. The van der Waals surface area contributed by atoms with Gasteiger partial charge in [0.2, 0.25) is 0 Å². The first-order valence-corrected chi connectivity index (χ1v) is 4.48. The molecule has 2 aromatic heterocycles. The van der Waals surface area contributed by atoms with Crippen LogP contribution < -0.4 is 5.32 Å². The molecular formula is C8H10N6O. The highest BCUT2D eigenvalue weighted by molar-refractivity contribution is 5.91. The van der Waals surface area contributed by atoms with Crippen LogP contribution in [0.3, 0.4) is 0 Å². The fourth-order valence-electron chi connectivity index (χ4n) is 1.13. The molecule has 0 radical (unpaired) electrons. The van der Waals surface area contributed by atoms with Crippen molar-refractivity contribution in [2.45, 2.75) is 6.42 Å². The average molecular weight is 206 g/mol. The van der Waals surface area contributed by atoms with Crippen molar-refractivity contribution < 1.29 is 4.79 Å². The molecule has 0 saturated carbocycles. The Morgan fingerprint density at radius 1 is 1.53 bits per heavy atom. The maximum Gasteiger partial charge on any atom is 0.273 e. The van der Waals surface area contributed by atoms with Crippen molar-refractivity contribution in [2.24, 2.45) is 0 Å². The largest absolute Gasteiger partial charge is 0.350 e. The van der Waals surface area contributed by atoms with Crippen molar-refractivity contribution in [3.63, 3.8) is 0 Å². The Morgan fingerprint density at radius 2 is 2.47 bits per heavy atom. The second-order valence-electron chi connectivity index (χ2n) is 2.90. The van der Waals surface area contributed by atoms with Crippen LogP contribution in [0.25, 0.3) is 0 Å². The maximum absolute atomic E-state index is 11.4. The summed E-state index contributed by atoms with van der Waals surface area (Å²) in [5, 5.41) is 12.3. The number of aromatic nitrogens is 5. The number of imidazole rings is 1. The van der Waals surface area contributed by atoms with Crippen LogP contribution in [0, 0.1) is 0 Å². The lowest BCUT2D eigenvalue weighted by Crippen LogP contribution is -2.26. The van der Waals surface area contributed by atoms with E-state index in [1.54, 1.807) is 12.4 Å². The van der Waals surface area contributed by atoms with E-state index in [9.17, 15) is 4.79 Å². The predicted octanol–water partition coefficient (Wildman–Crippen LogP) is -0.500. The number of amides is 1. The Labute approximate surface area is 85.3 Å². The smallest absolute Gasteiger partial charge is 0.273 e. The molecule has 0 fully saturated rings. The minimum atomic E-state index is -0.240. The third-order valence-electron chi connectivity index (χ3n) is 1.85. The topological polar surface area (TPSA) is 99.4 Å². The Hall–Kier alpha value is -2.18. The molecule has 2 rings (SSSR count). The summed E-state index contributed by atoms with van der Waals surface area (Å²) in [4.78, 5) is 18.4. The fraction of sp³-hybridized carbons (Fsp3) is 0.250. The van der Waals surface area contributed by atoms with E-state index in [2.05, 4.69) is 30.7 Å². The van der Waals surface area contributed by atoms with E-state index in [1.807, 2.05) is 0 Å². The number of hydrogen-bond donors (Lipinski definition) is 3. The number of nitrogens with zero attached hydrogens (tertiary/aromatic N) is 3. The van der Waals surface area contributed by atoms with Crippen molar-refractivity contribution in [1.82, 2.24) is 30.7 Å². The SMILES string of the molecule is O=C(NCCc1ncc[nH]1)c1cn[nH]n1. The van der Waals surface area contributed by atoms with Gasteiger partial charge in [-0.25, -0.2) is 4.98 Å². The molecule has 0 aromatic carbocycles. The molecule has 2 aromatic rings. The van der Waals surface area contributed by atoms with E-state index < -0.39 is 0 Å². The molecule has 0 bridgehead atoms. The fourth-order valence-corrected chi connectivity index (χ4v) is 1.13. The van der Waals surface area contributed by atoms with E-state index in [4.69, 9.17) is 0 Å². The zero-order valence-electron chi connectivity index (χ0n) is 7.90. The molecule has 0 aliphatic carbocycles. The van der Waals surface area contributed by atoms with Crippen LogP contribution in [0.15, 0.2) is 18.6 Å². The normalized spacial score (nSPS) is 10.1. The molecule has 7 nitrogen and oxygen atoms in total. The molecule has 0 aliphatic heterocycles. The summed E-state index contributed by atoms with van der Waals surface area (Å²) in [6.07, 6.45) is 5.46. The number of rotatable bonds is 4. The van der Waals surface area contributed by atoms with Crippen molar-refractivity contribution >= 4 is 5.91 Å². The number of aromatic amines is 2. The summed E-state index contributed by atoms with van der Waals surface area (Å²) in [6, 6.07) is 0. The predicted molar refractivity (Wildman–Crippen MR) is 51.0 cm³/mol. The maximum atomic E-state index is 11.4. The summed E-state index contributed by atoms with van der Waals surface area (Å²) >= 11 is 0. The van der Waals surface area contributed by atoms with Crippen LogP contribution in [-0.4, -0.2) is 37.8 Å². The Morgan fingerprint density at radius 3 is 3.13 bits per heavy atom. The molecule has 78 valence electrons. The monoisotopic (exact) mass is 206 g/mol. The van der Waals surface area contributed by atoms with Crippen LogP contribution in [0.5, 0.6) is 0 Å². The molecule has 2 heterocycles. The summed E-state index contributed by atoms with van der Waals surface area (Å²) in [5.41, 5.74) is 0.287. The summed E-state index contributed by atoms with van der Waals surface area (Å²) in [6.45, 7) is 0.513. The highest BCUT2D eigenvalue weighted by Crippen LogP contribution is 1.90. The highest BCUT2D eigenvalue weighted by atomic mass is 16.1. The lowest BCUT2D eigenvalue weighted by atomic mass is 10.4. The Kier molecular flexibility index (Phi) is 2.72. The van der Waals surface area contributed by atoms with Gasteiger partial charge < -0.3 is 10.3 Å². The number of carbonyl (C=O) groups is 1. The number of hydrogen-bond acceptors (Lipinski definition) is 4. The van der Waals surface area contributed by atoms with Gasteiger partial charge in [-0.15, -0.1) is 0 Å². The zero-order valence-corrected chi connectivity index (χ0v) is 7.90. The van der Waals surface area contributed by atoms with E-state index in [1.165, 1.54) is 6.20 Å². The van der Waals surface area contributed by atoms with Crippen molar-refractivity contribution in [3.8, 4) is 0 Å². The van der Waals surface area contributed by atoms with Crippen molar-refractivity contribution in [3.05, 3.63) is 30.1 Å². The van der Waals surface area contributed by atoms with Crippen LogP contribution in [-0.2, 0) is 6.42 Å². The Bertz CT molecular complexity index is 406. The molecule has 0 unspecified atom stereocenters. The van der Waals surface area contributed by atoms with Crippen molar-refractivity contribution in [2.75, 3.05) is 6.54 Å². The van der Waals surface area contributed by atoms with Gasteiger partial charge in [-0.05, 0) is 0 Å². The molecular weight excluding hydrogens is 196 g/mol. The van der Waals surface area contributed by atoms with Gasteiger partial charge in [0.15, 0.2) is 5.69 Å². The van der Waals surface area contributed by atoms with Crippen LogP contribution in [0.4, 0.5) is 0 Å². The van der Waals surface area contributed by atoms with Gasteiger partial charge in [0.05, 0.1) is 6.20 Å². The quantitative estimate of drug-likeness (QED) is 0.628. The molecule has 15 heavy (non-hydrogen) atoms. The minimum Gasteiger partial charge on any atom is -0.350 e. The van der Waals surface area contributed by atoms with Crippen LogP contribution >= 0.6 is 0 Å². The molecule has 3 N–H and O–H groups in total. The van der Waals surface area contributed by atoms with Crippen molar-refractivity contribution in [1.29, 1.82) is 0 Å². The van der Waals surface area contributed by atoms with Gasteiger partial charge in [0.25, 0.3) is 5.91 Å². The summed E-state index contributed by atoms with van der Waals surface area (Å²) < 4.78 is 0. The molecule has 1 amide bonds. The van der Waals surface area contributed by atoms with E-state index in [0.29, 0.717) is 13.0 Å². The van der Waals surface area contributed by atoms with Gasteiger partial charge >= 0.3 is 0 Å². The minimum absolute atomic E-state index is 0.240. The van der Waals surface area contributed by atoms with Crippen LogP contribution in [0.1, 0.15) is 16.3 Å². The van der Waals surface area contributed by atoms with E-state index in [0.717, 1.165) is 5.82 Å². The second-order valence-corrected chi connectivity index (χ2v) is 2.90. The third kappa shape index (κ3) is 2.39. The first-order valence-electron chi connectivity index (χ1n) is 4.48. The van der Waals surface area contributed by atoms with Gasteiger partial charge in [0.1, 0.15) is 5.82 Å². The molecule has 0 saturated heterocycles. The zero-order chi connectivity index (χ0) is 10.5. The molecule has 0 aliphatic rings. The van der Waals surface area contributed by atoms with E-state index in [-0.39, 0.29) is 11.6 Å². The van der Waals surface area contributed by atoms with E-state index >= 15 is 0 Å². The van der Waals surface area contributed by atoms with Gasteiger partial charge in [0, 0.05) is 25.4 Å². The second kappa shape index (κ2) is 4.36. The number of nitrogens with one attached hydrogen (secondary N) is 3. The van der Waals surface area contributed by atoms with Crippen LogP contribution in [0.2, 0.25) is 0 Å². The molecule has 7 heteroatoms. The summed E-state index contributed by atoms with van der Waals surface area (Å²) in [5.74, 6) is 0.603. The molecule has 0 spiro atoms. The highest BCUT2D eigenvalue weighted by Gasteiger charge is 2.07. The number of H-pyrrole nitrogens is 2. The van der Waals surface area contributed by atoms with Gasteiger partial charge in [-0.1, -0.05) is 0 Å².